The Kier molecular flexibility index (Phi) is 4.91. The Bertz CT molecular complexity index is 627. The molecule has 2 aromatic carbocycles. The number of hydrogen-bond acceptors (Lipinski definition) is 3. The Hall–Kier alpha value is -1.52. The lowest BCUT2D eigenvalue weighted by molar-refractivity contribution is -0.720. The zero-order chi connectivity index (χ0) is 15.5. The van der Waals surface area contributed by atoms with Crippen LogP contribution in [0.4, 0.5) is 4.39 Å². The fourth-order valence-corrected chi connectivity index (χ4v) is 3.21. The molecule has 0 bridgehead atoms. The minimum absolute atomic E-state index is 0.211. The van der Waals surface area contributed by atoms with Gasteiger partial charge in [-0.2, -0.15) is 0 Å². The first kappa shape index (κ1) is 15.9. The summed E-state index contributed by atoms with van der Waals surface area (Å²) in [6.07, 6.45) is 0. The minimum atomic E-state index is -4.87. The number of benzene rings is 2. The fraction of sp³-hybridized carbons (Fsp3) is 0.200. The van der Waals surface area contributed by atoms with Crippen LogP contribution in [0.2, 0.25) is 0 Å². The first-order valence-electron chi connectivity index (χ1n) is 6.55. The largest absolute Gasteiger partial charge is 0.806 e. The summed E-state index contributed by atoms with van der Waals surface area (Å²) in [5.74, 6) is -1.74. The summed E-state index contributed by atoms with van der Waals surface area (Å²) >= 11 is 0. The zero-order valence-corrected chi connectivity index (χ0v) is 12.4. The van der Waals surface area contributed by atoms with Gasteiger partial charge in [0, 0.05) is 11.1 Å². The molecule has 2 aromatic rings. The molecule has 0 aromatic heterocycles. The third kappa shape index (κ3) is 4.22. The molecule has 0 aliphatic heterocycles. The molecule has 21 heavy (non-hydrogen) atoms. The molecule has 6 heteroatoms. The van der Waals surface area contributed by atoms with Gasteiger partial charge in [-0.15, -0.1) is 0 Å². The molecule has 2 rings (SSSR count). The maximum Gasteiger partial charge on any atom is 0.137 e. The maximum atomic E-state index is 12.9. The van der Waals surface area contributed by atoms with Gasteiger partial charge >= 0.3 is 0 Å². The second kappa shape index (κ2) is 6.50. The monoisotopic (exact) mass is 308 g/mol. The van der Waals surface area contributed by atoms with Crippen LogP contribution in [0.3, 0.4) is 0 Å². The van der Waals surface area contributed by atoms with Crippen molar-refractivity contribution in [3.8, 4) is 0 Å². The Morgan fingerprint density at radius 1 is 1.00 bits per heavy atom. The molecule has 2 atom stereocenters. The van der Waals surface area contributed by atoms with E-state index in [-0.39, 0.29) is 11.6 Å². The van der Waals surface area contributed by atoms with Gasteiger partial charge in [0.2, 0.25) is 0 Å². The quantitative estimate of drug-likeness (QED) is 0.839. The lowest BCUT2D eigenvalue weighted by Gasteiger charge is -2.37. The molecule has 0 unspecified atom stereocenters. The van der Waals surface area contributed by atoms with Crippen LogP contribution in [0.25, 0.3) is 0 Å². The van der Waals surface area contributed by atoms with Crippen molar-refractivity contribution in [2.45, 2.75) is 18.7 Å². The van der Waals surface area contributed by atoms with Gasteiger partial charge in [0.15, 0.2) is 0 Å². The highest BCUT2D eigenvalue weighted by molar-refractivity contribution is 7.48. The predicted molar refractivity (Wildman–Crippen MR) is 73.5 cm³/mol. The maximum absolute atomic E-state index is 12.9. The van der Waals surface area contributed by atoms with Crippen LogP contribution in [0.1, 0.15) is 29.9 Å². The van der Waals surface area contributed by atoms with E-state index in [0.717, 1.165) is 17.7 Å². The zero-order valence-electron chi connectivity index (χ0n) is 11.5. The van der Waals surface area contributed by atoms with E-state index in [1.807, 2.05) is 37.3 Å². The first-order valence-corrected chi connectivity index (χ1v) is 8.16. The lowest BCUT2D eigenvalue weighted by atomic mass is 10.1. The van der Waals surface area contributed by atoms with Crippen molar-refractivity contribution in [3.63, 3.8) is 0 Å². The van der Waals surface area contributed by atoms with Crippen molar-refractivity contribution >= 4 is 7.60 Å². The van der Waals surface area contributed by atoms with Gasteiger partial charge < -0.3 is 19.7 Å². The summed E-state index contributed by atoms with van der Waals surface area (Å²) in [5, 5.41) is 1.49. The van der Waals surface area contributed by atoms with Gasteiger partial charge in [-0.25, -0.2) is 4.39 Å². The number of quaternary nitrogens is 1. The standard InChI is InChI=1S/C15H17FNO3P/c1-11(12-5-3-2-4-6-12)17-15(21(18,19)20)13-7-9-14(16)10-8-13/h2-11,15,17H,1H3,(H2,18,19,20)/p-1/t11-,15-/m0/s1. The van der Waals surface area contributed by atoms with Gasteiger partial charge in [-0.05, 0) is 38.8 Å². The number of nitrogens with two attached hydrogens (primary N) is 1. The predicted octanol–water partition coefficient (Wildman–Crippen LogP) is 1.06. The molecule has 0 aliphatic carbocycles. The highest BCUT2D eigenvalue weighted by atomic mass is 31.2. The van der Waals surface area contributed by atoms with E-state index in [9.17, 15) is 18.7 Å². The van der Waals surface area contributed by atoms with Gasteiger partial charge in [-0.3, -0.25) is 0 Å². The summed E-state index contributed by atoms with van der Waals surface area (Å²) in [7, 11) is -4.87. The van der Waals surface area contributed by atoms with Gasteiger partial charge in [0.05, 0.1) is 0 Å². The average molecular weight is 308 g/mol. The van der Waals surface area contributed by atoms with Crippen LogP contribution in [0.5, 0.6) is 0 Å². The van der Waals surface area contributed by atoms with Crippen molar-refractivity contribution < 1.29 is 24.1 Å². The summed E-state index contributed by atoms with van der Waals surface area (Å²) in [6, 6.07) is 14.0. The van der Waals surface area contributed by atoms with Gasteiger partial charge in [0.1, 0.15) is 17.6 Å². The summed E-state index contributed by atoms with van der Waals surface area (Å²) in [5.41, 5.74) is 1.20. The van der Waals surface area contributed by atoms with Gasteiger partial charge in [0.25, 0.3) is 0 Å². The summed E-state index contributed by atoms with van der Waals surface area (Å²) < 4.78 is 24.5. The topological polar surface area (TPSA) is 79.8 Å². The van der Waals surface area contributed by atoms with Crippen molar-refractivity contribution in [1.29, 1.82) is 0 Å². The van der Waals surface area contributed by atoms with Crippen molar-refractivity contribution in [3.05, 3.63) is 71.5 Å². The molecule has 0 saturated carbocycles. The molecule has 112 valence electrons. The smallest absolute Gasteiger partial charge is 0.137 e. The van der Waals surface area contributed by atoms with Crippen LogP contribution in [0, 0.1) is 5.82 Å². The Balaban J connectivity index is 2.26. The third-order valence-electron chi connectivity index (χ3n) is 3.35. The molecule has 2 N–H and O–H groups in total. The summed E-state index contributed by atoms with van der Waals surface area (Å²) in [6.45, 7) is 1.82. The third-order valence-corrected chi connectivity index (χ3v) is 4.50. The average Bonchev–Trinajstić information content (AvgIpc) is 2.45. The molecule has 4 nitrogen and oxygen atoms in total. The highest BCUT2D eigenvalue weighted by Gasteiger charge is 2.22. The molecule has 0 amide bonds. The summed E-state index contributed by atoms with van der Waals surface area (Å²) in [4.78, 5) is 23.1. The van der Waals surface area contributed by atoms with E-state index in [2.05, 4.69) is 0 Å². The van der Waals surface area contributed by atoms with Crippen LogP contribution in [0.15, 0.2) is 54.6 Å². The molecule has 0 spiro atoms. The van der Waals surface area contributed by atoms with E-state index in [1.165, 1.54) is 17.4 Å². The molecule has 0 fully saturated rings. The van der Waals surface area contributed by atoms with E-state index in [0.29, 0.717) is 0 Å². The second-order valence-corrected chi connectivity index (χ2v) is 6.56. The van der Waals surface area contributed by atoms with Crippen molar-refractivity contribution in [1.82, 2.24) is 0 Å². The number of hydrogen-bond donors (Lipinski definition) is 1. The van der Waals surface area contributed by atoms with Crippen LogP contribution >= 0.6 is 7.60 Å². The molecule has 0 saturated heterocycles. The Labute approximate surface area is 122 Å². The fourth-order valence-electron chi connectivity index (χ4n) is 2.20. The molecule has 0 aliphatic rings. The van der Waals surface area contributed by atoms with E-state index >= 15 is 0 Å². The lowest BCUT2D eigenvalue weighted by Crippen LogP contribution is -2.86. The van der Waals surface area contributed by atoms with Gasteiger partial charge in [-0.1, -0.05) is 30.3 Å². The minimum Gasteiger partial charge on any atom is -0.806 e. The van der Waals surface area contributed by atoms with E-state index in [4.69, 9.17) is 0 Å². The molecular formula is C15H16FNO3P-. The second-order valence-electron chi connectivity index (χ2n) is 4.93. The number of rotatable bonds is 5. The van der Waals surface area contributed by atoms with Crippen LogP contribution in [-0.2, 0) is 4.57 Å². The Morgan fingerprint density at radius 3 is 2.10 bits per heavy atom. The highest BCUT2D eigenvalue weighted by Crippen LogP contribution is 2.39. The normalized spacial score (nSPS) is 14.7. The van der Waals surface area contributed by atoms with E-state index < -0.39 is 19.2 Å². The number of halogens is 1. The van der Waals surface area contributed by atoms with Crippen LogP contribution in [-0.4, -0.2) is 0 Å². The van der Waals surface area contributed by atoms with Crippen molar-refractivity contribution in [2.24, 2.45) is 0 Å². The Morgan fingerprint density at radius 2 is 1.57 bits per heavy atom. The van der Waals surface area contributed by atoms with Crippen LogP contribution < -0.4 is 15.1 Å². The molecule has 0 radical (unpaired) electrons. The molecular weight excluding hydrogens is 292 g/mol. The SMILES string of the molecule is C[C@H]([NH2+][C@H](c1ccc(F)cc1)P(=O)([O-])[O-])c1ccccc1. The van der Waals surface area contributed by atoms with Crippen molar-refractivity contribution in [2.75, 3.05) is 0 Å². The van der Waals surface area contributed by atoms with E-state index in [1.54, 1.807) is 0 Å². The molecule has 0 heterocycles. The first-order chi connectivity index (χ1) is 9.88.